The molecule has 2 unspecified atom stereocenters. The van der Waals surface area contributed by atoms with E-state index >= 15 is 0 Å². The van der Waals surface area contributed by atoms with Crippen LogP contribution in [0.3, 0.4) is 0 Å². The van der Waals surface area contributed by atoms with Crippen LogP contribution in [0.25, 0.3) is 32.0 Å². The lowest BCUT2D eigenvalue weighted by Crippen LogP contribution is -2.28. The van der Waals surface area contributed by atoms with Gasteiger partial charge >= 0.3 is 11.9 Å². The number of nitrogens with zero attached hydrogens (tertiary/aromatic N) is 8. The summed E-state index contributed by atoms with van der Waals surface area (Å²) in [7, 11) is 2.61. The molecule has 334 valence electrons. The number of esters is 2. The SMILES string of the molecule is C=CCOC(=O)C(CCN=[N+]=[N-])C(=O)c1cc(Cl)c(OCc2cccc(-c3cccc(COc4nc(OC)c(C(=O)C(CCN=[N+]=[N-])C(=O)OCC=C)cc4Cl)c3C)c2C)nc1OC. The number of aromatic nitrogens is 2. The maximum atomic E-state index is 13.6. The number of halogens is 2. The van der Waals surface area contributed by atoms with E-state index in [1.807, 2.05) is 50.2 Å². The van der Waals surface area contributed by atoms with Gasteiger partial charge in [-0.25, -0.2) is 0 Å². The summed E-state index contributed by atoms with van der Waals surface area (Å²) in [4.78, 5) is 66.7. The van der Waals surface area contributed by atoms with Gasteiger partial charge < -0.3 is 28.4 Å². The molecule has 0 spiro atoms. The number of hydrogen-bond acceptors (Lipinski definition) is 14. The highest BCUT2D eigenvalue weighted by Crippen LogP contribution is 2.36. The first-order chi connectivity index (χ1) is 30.8. The van der Waals surface area contributed by atoms with Crippen molar-refractivity contribution in [2.24, 2.45) is 22.1 Å². The summed E-state index contributed by atoms with van der Waals surface area (Å²) in [5, 5.41) is 6.84. The summed E-state index contributed by atoms with van der Waals surface area (Å²) in [6, 6.07) is 14.1. The van der Waals surface area contributed by atoms with Gasteiger partial charge in [0.2, 0.25) is 23.5 Å². The molecule has 0 fully saturated rings. The van der Waals surface area contributed by atoms with E-state index in [0.29, 0.717) is 0 Å². The van der Waals surface area contributed by atoms with Gasteiger partial charge in [0.15, 0.2) is 11.6 Å². The molecular weight excluding hydrogens is 871 g/mol. The minimum absolute atomic E-state index is 0.0152. The molecule has 64 heavy (non-hydrogen) atoms. The molecule has 2 aromatic carbocycles. The molecule has 0 aliphatic heterocycles. The average Bonchev–Trinajstić information content (AvgIpc) is 3.29. The Bertz CT molecular complexity index is 2340. The fraction of sp³-hybridized carbons (Fsp3) is 0.318. The van der Waals surface area contributed by atoms with Gasteiger partial charge in [0.1, 0.15) is 48.3 Å². The highest BCUT2D eigenvalue weighted by atomic mass is 35.5. The first kappa shape index (κ1) is 49.6. The lowest BCUT2D eigenvalue weighted by atomic mass is 9.92. The summed E-state index contributed by atoms with van der Waals surface area (Å²) in [6.07, 6.45) is 2.48. The molecule has 18 nitrogen and oxygen atoms in total. The predicted octanol–water partition coefficient (Wildman–Crippen LogP) is 9.70. The number of pyridine rings is 2. The molecule has 2 aromatic heterocycles. The third-order valence-corrected chi connectivity index (χ3v) is 10.2. The quantitative estimate of drug-likeness (QED) is 0.0115. The lowest BCUT2D eigenvalue weighted by molar-refractivity contribution is -0.146. The fourth-order valence-corrected chi connectivity index (χ4v) is 6.78. The van der Waals surface area contributed by atoms with Crippen LogP contribution < -0.4 is 18.9 Å². The summed E-state index contributed by atoms with van der Waals surface area (Å²) in [5.41, 5.74) is 22.4. The first-order valence-electron chi connectivity index (χ1n) is 19.4. The van der Waals surface area contributed by atoms with E-state index in [4.69, 9.17) is 62.7 Å². The summed E-state index contributed by atoms with van der Waals surface area (Å²) < 4.78 is 33.2. The van der Waals surface area contributed by atoms with Crippen molar-refractivity contribution in [1.29, 1.82) is 0 Å². The van der Waals surface area contributed by atoms with Gasteiger partial charge in [-0.15, -0.1) is 0 Å². The summed E-state index contributed by atoms with van der Waals surface area (Å²) >= 11 is 13.2. The number of carbonyl (C=O) groups excluding carboxylic acids is 4. The molecule has 0 N–H and O–H groups in total. The van der Waals surface area contributed by atoms with Crippen molar-refractivity contribution in [3.05, 3.63) is 138 Å². The zero-order valence-corrected chi connectivity index (χ0v) is 36.9. The molecule has 0 radical (unpaired) electrons. The van der Waals surface area contributed by atoms with E-state index < -0.39 is 35.3 Å². The Morgan fingerprint density at radius 3 is 1.42 bits per heavy atom. The molecule has 0 bridgehead atoms. The molecule has 2 atom stereocenters. The minimum Gasteiger partial charge on any atom is -0.480 e. The second kappa shape index (κ2) is 24.5. The van der Waals surface area contributed by atoms with Crippen molar-refractivity contribution in [2.75, 3.05) is 40.5 Å². The number of benzene rings is 2. The van der Waals surface area contributed by atoms with Crippen LogP contribution in [0.15, 0.2) is 84.1 Å². The molecule has 20 heteroatoms. The van der Waals surface area contributed by atoms with Crippen LogP contribution in [0.5, 0.6) is 23.5 Å². The average molecular weight is 916 g/mol. The van der Waals surface area contributed by atoms with Crippen molar-refractivity contribution in [3.8, 4) is 34.6 Å². The van der Waals surface area contributed by atoms with Gasteiger partial charge in [-0.3, -0.25) is 19.2 Å². The second-order valence-corrected chi connectivity index (χ2v) is 14.4. The van der Waals surface area contributed by atoms with Crippen LogP contribution in [0.2, 0.25) is 10.0 Å². The van der Waals surface area contributed by atoms with Gasteiger partial charge in [-0.05, 0) is 83.3 Å². The van der Waals surface area contributed by atoms with Crippen LogP contribution in [0.1, 0.15) is 55.8 Å². The molecule has 0 saturated carbocycles. The maximum Gasteiger partial charge on any atom is 0.317 e. The Kier molecular flexibility index (Phi) is 19.0. The highest BCUT2D eigenvalue weighted by molar-refractivity contribution is 6.32. The Morgan fingerprint density at radius 2 is 1.08 bits per heavy atom. The zero-order valence-electron chi connectivity index (χ0n) is 35.4. The largest absolute Gasteiger partial charge is 0.480 e. The number of ketones is 2. The summed E-state index contributed by atoms with van der Waals surface area (Å²) in [6.45, 7) is 10.4. The van der Waals surface area contributed by atoms with Gasteiger partial charge in [-0.1, -0.05) is 95.1 Å². The van der Waals surface area contributed by atoms with Crippen LogP contribution in [-0.4, -0.2) is 74.0 Å². The molecule has 0 aliphatic rings. The highest BCUT2D eigenvalue weighted by Gasteiger charge is 2.33. The van der Waals surface area contributed by atoms with Crippen LogP contribution in [0.4, 0.5) is 0 Å². The monoisotopic (exact) mass is 914 g/mol. The van der Waals surface area contributed by atoms with E-state index in [9.17, 15) is 19.2 Å². The third kappa shape index (κ3) is 12.5. The Labute approximate surface area is 378 Å². The van der Waals surface area contributed by atoms with E-state index in [2.05, 4.69) is 43.2 Å². The Morgan fingerprint density at radius 1 is 0.688 bits per heavy atom. The second-order valence-electron chi connectivity index (χ2n) is 13.6. The number of methoxy groups -OCH3 is 2. The number of carbonyl (C=O) groups is 4. The van der Waals surface area contributed by atoms with Crippen molar-refractivity contribution in [2.45, 2.75) is 39.9 Å². The fourth-order valence-electron chi connectivity index (χ4n) is 6.37. The first-order valence-corrected chi connectivity index (χ1v) is 20.2. The van der Waals surface area contributed by atoms with Crippen molar-refractivity contribution in [1.82, 2.24) is 9.97 Å². The van der Waals surface area contributed by atoms with Gasteiger partial charge in [0.05, 0.1) is 25.3 Å². The predicted molar refractivity (Wildman–Crippen MR) is 237 cm³/mol. The topological polar surface area (TPSA) is 247 Å². The van der Waals surface area contributed by atoms with E-state index in [1.165, 1.54) is 38.5 Å². The van der Waals surface area contributed by atoms with Crippen LogP contribution >= 0.6 is 23.2 Å². The number of Topliss-reactive ketones (excluding diaryl/α,β-unsaturated/α-hetero) is 2. The zero-order chi connectivity index (χ0) is 46.8. The smallest absolute Gasteiger partial charge is 0.317 e. The standard InChI is InChI=1S/C44H44Cl2N8O10/c1-7-19-61-43(57)31(15-17-49-53-47)37(55)33-21-35(45)41(51-39(33)59-5)63-23-27-11-9-13-29(25(27)3)30-14-10-12-28(26(30)4)24-64-42-36(46)22-34(40(52-42)60-6)38(56)32(16-18-50-54-48)44(58)62-20-8-2/h7-14,21-22,31-32H,1-2,15-20,23-24H2,3-6H3. The Hall–Kier alpha value is -7.10. The molecule has 4 aromatic rings. The summed E-state index contributed by atoms with van der Waals surface area (Å²) in [5.74, 6) is -6.01. The molecule has 0 aliphatic carbocycles. The molecule has 0 amide bonds. The van der Waals surface area contributed by atoms with E-state index in [-0.39, 0.29) is 97.1 Å². The van der Waals surface area contributed by atoms with Gasteiger partial charge in [-0.2, -0.15) is 9.97 Å². The number of azide groups is 2. The van der Waals surface area contributed by atoms with Crippen molar-refractivity contribution >= 4 is 46.7 Å². The normalized spacial score (nSPS) is 11.4. The van der Waals surface area contributed by atoms with Crippen molar-refractivity contribution < 1.29 is 47.6 Å². The molecule has 0 saturated heterocycles. The van der Waals surface area contributed by atoms with Crippen LogP contribution in [-0.2, 0) is 32.3 Å². The van der Waals surface area contributed by atoms with Gasteiger partial charge in [0.25, 0.3) is 0 Å². The molecule has 2 heterocycles. The number of rotatable bonds is 25. The molecular formula is C44H44Cl2N8O10. The maximum absolute atomic E-state index is 13.6. The number of ether oxygens (including phenoxy) is 6. The minimum atomic E-state index is -1.32. The Balaban J connectivity index is 1.55. The van der Waals surface area contributed by atoms with Gasteiger partial charge in [0, 0.05) is 22.9 Å². The van der Waals surface area contributed by atoms with E-state index in [1.54, 1.807) is 0 Å². The molecule has 4 rings (SSSR count). The van der Waals surface area contributed by atoms with E-state index in [0.717, 1.165) is 33.4 Å². The number of hydrogen-bond donors (Lipinski definition) is 0. The van der Waals surface area contributed by atoms with Crippen molar-refractivity contribution in [3.63, 3.8) is 0 Å². The lowest BCUT2D eigenvalue weighted by Gasteiger charge is -2.18. The third-order valence-electron chi connectivity index (χ3n) is 9.70. The van der Waals surface area contributed by atoms with Crippen LogP contribution in [0, 0.1) is 25.7 Å².